The Kier molecular flexibility index (Phi) is 5.45. The molecule has 0 saturated heterocycles. The van der Waals surface area contributed by atoms with Crippen LogP contribution in [0.2, 0.25) is 0 Å². The smallest absolute Gasteiger partial charge is 0.130 e. The Bertz CT molecular complexity index is 551. The van der Waals surface area contributed by atoms with E-state index in [1.165, 1.54) is 23.1 Å². The minimum Gasteiger partial charge on any atom is -0.329 e. The van der Waals surface area contributed by atoms with Crippen molar-refractivity contribution in [3.8, 4) is 0 Å². The third-order valence-corrected chi connectivity index (χ3v) is 4.72. The van der Waals surface area contributed by atoms with Gasteiger partial charge in [0.15, 0.2) is 0 Å². The summed E-state index contributed by atoms with van der Waals surface area (Å²) in [6, 6.07) is 7.66. The van der Waals surface area contributed by atoms with E-state index < -0.39 is 17.7 Å². The van der Waals surface area contributed by atoms with E-state index in [4.69, 9.17) is 5.73 Å². The molecular weight excluding hydrogens is 290 g/mol. The van der Waals surface area contributed by atoms with Gasteiger partial charge >= 0.3 is 0 Å². The standard InChI is InChI=1S/C16H20F2N2S/c1-11(9-12-5-4-8-21-12)20(2)15(10-19)16-13(17)6-3-7-14(16)18/h3-8,11,15H,9-10,19H2,1-2H3. The van der Waals surface area contributed by atoms with Crippen LogP contribution < -0.4 is 5.73 Å². The van der Waals surface area contributed by atoms with E-state index in [-0.39, 0.29) is 18.2 Å². The van der Waals surface area contributed by atoms with E-state index in [1.54, 1.807) is 11.3 Å². The maximum absolute atomic E-state index is 14.0. The van der Waals surface area contributed by atoms with Crippen LogP contribution in [0.4, 0.5) is 8.78 Å². The molecule has 0 aliphatic heterocycles. The first-order chi connectivity index (χ1) is 10.0. The highest BCUT2D eigenvalue weighted by molar-refractivity contribution is 7.09. The molecule has 1 aromatic heterocycles. The lowest BCUT2D eigenvalue weighted by Crippen LogP contribution is -2.39. The minimum absolute atomic E-state index is 0.0560. The molecule has 114 valence electrons. The Morgan fingerprint density at radius 3 is 2.38 bits per heavy atom. The summed E-state index contributed by atoms with van der Waals surface area (Å²) in [5.41, 5.74) is 5.84. The lowest BCUT2D eigenvalue weighted by molar-refractivity contribution is 0.181. The molecule has 2 unspecified atom stereocenters. The average molecular weight is 310 g/mol. The van der Waals surface area contributed by atoms with Crippen molar-refractivity contribution in [3.63, 3.8) is 0 Å². The normalized spacial score (nSPS) is 14.4. The summed E-state index contributed by atoms with van der Waals surface area (Å²) in [5, 5.41) is 2.03. The van der Waals surface area contributed by atoms with E-state index in [0.717, 1.165) is 6.42 Å². The topological polar surface area (TPSA) is 29.3 Å². The fraction of sp³-hybridized carbons (Fsp3) is 0.375. The zero-order valence-electron chi connectivity index (χ0n) is 12.2. The number of nitrogens with two attached hydrogens (primary N) is 1. The monoisotopic (exact) mass is 310 g/mol. The van der Waals surface area contributed by atoms with Gasteiger partial charge in [-0.05, 0) is 44.0 Å². The molecule has 1 aromatic carbocycles. The molecule has 0 aliphatic carbocycles. The van der Waals surface area contributed by atoms with Crippen molar-refractivity contribution in [1.82, 2.24) is 4.90 Å². The van der Waals surface area contributed by atoms with Gasteiger partial charge in [-0.3, -0.25) is 4.90 Å². The number of rotatable bonds is 6. The Morgan fingerprint density at radius 2 is 1.86 bits per heavy atom. The highest BCUT2D eigenvalue weighted by Gasteiger charge is 2.26. The van der Waals surface area contributed by atoms with Crippen molar-refractivity contribution in [2.75, 3.05) is 13.6 Å². The van der Waals surface area contributed by atoms with Crippen molar-refractivity contribution in [3.05, 3.63) is 57.8 Å². The summed E-state index contributed by atoms with van der Waals surface area (Å²) < 4.78 is 27.9. The van der Waals surface area contributed by atoms with Gasteiger partial charge in [-0.2, -0.15) is 0 Å². The largest absolute Gasteiger partial charge is 0.329 e. The molecule has 0 fully saturated rings. The summed E-state index contributed by atoms with van der Waals surface area (Å²) in [6.45, 7) is 2.21. The van der Waals surface area contributed by atoms with Crippen LogP contribution in [0.3, 0.4) is 0 Å². The van der Waals surface area contributed by atoms with E-state index in [0.29, 0.717) is 0 Å². The number of benzene rings is 1. The van der Waals surface area contributed by atoms with Crippen LogP contribution in [0, 0.1) is 11.6 Å². The van der Waals surface area contributed by atoms with E-state index in [2.05, 4.69) is 6.07 Å². The SMILES string of the molecule is CC(Cc1cccs1)N(C)C(CN)c1c(F)cccc1F. The molecule has 5 heteroatoms. The van der Waals surface area contributed by atoms with Crippen LogP contribution in [0.1, 0.15) is 23.4 Å². The summed E-state index contributed by atoms with van der Waals surface area (Å²) in [5.74, 6) is -1.08. The van der Waals surface area contributed by atoms with E-state index >= 15 is 0 Å². The molecule has 2 nitrogen and oxygen atoms in total. The highest BCUT2D eigenvalue weighted by Crippen LogP contribution is 2.27. The van der Waals surface area contributed by atoms with Crippen LogP contribution in [-0.2, 0) is 6.42 Å². The molecule has 2 aromatic rings. The van der Waals surface area contributed by atoms with Gasteiger partial charge < -0.3 is 5.73 Å². The van der Waals surface area contributed by atoms with Gasteiger partial charge in [0.25, 0.3) is 0 Å². The second-order valence-corrected chi connectivity index (χ2v) is 6.22. The molecule has 2 N–H and O–H groups in total. The van der Waals surface area contributed by atoms with Gasteiger partial charge in [-0.15, -0.1) is 11.3 Å². The molecule has 1 heterocycles. The zero-order valence-corrected chi connectivity index (χ0v) is 13.0. The van der Waals surface area contributed by atoms with Gasteiger partial charge in [0.1, 0.15) is 11.6 Å². The number of thiophene rings is 1. The molecule has 21 heavy (non-hydrogen) atoms. The molecule has 0 radical (unpaired) electrons. The Hall–Kier alpha value is -1.30. The molecule has 0 spiro atoms. The zero-order chi connectivity index (χ0) is 15.4. The van der Waals surface area contributed by atoms with Crippen molar-refractivity contribution in [2.45, 2.75) is 25.4 Å². The van der Waals surface area contributed by atoms with Crippen molar-refractivity contribution in [1.29, 1.82) is 0 Å². The molecule has 0 saturated carbocycles. The quantitative estimate of drug-likeness (QED) is 0.883. The molecule has 2 atom stereocenters. The van der Waals surface area contributed by atoms with Gasteiger partial charge in [0.2, 0.25) is 0 Å². The number of nitrogens with zero attached hydrogens (tertiary/aromatic N) is 1. The number of hydrogen-bond donors (Lipinski definition) is 1. The lowest BCUT2D eigenvalue weighted by atomic mass is 10.0. The fourth-order valence-electron chi connectivity index (χ4n) is 2.49. The summed E-state index contributed by atoms with van der Waals surface area (Å²) in [4.78, 5) is 3.19. The minimum atomic E-state index is -0.541. The maximum Gasteiger partial charge on any atom is 0.130 e. The summed E-state index contributed by atoms with van der Waals surface area (Å²) in [6.07, 6.45) is 0.834. The molecule has 0 amide bonds. The lowest BCUT2D eigenvalue weighted by Gasteiger charge is -2.33. The first-order valence-electron chi connectivity index (χ1n) is 6.93. The third-order valence-electron chi connectivity index (χ3n) is 3.82. The molecule has 0 aliphatic rings. The molecule has 0 bridgehead atoms. The van der Waals surface area contributed by atoms with Gasteiger partial charge in [0.05, 0.1) is 6.04 Å². The van der Waals surface area contributed by atoms with Crippen LogP contribution in [0.5, 0.6) is 0 Å². The number of likely N-dealkylation sites (N-methyl/N-ethyl adjacent to an activating group) is 1. The molecular formula is C16H20F2N2S. The summed E-state index contributed by atoms with van der Waals surface area (Å²) in [7, 11) is 1.86. The average Bonchev–Trinajstić information content (AvgIpc) is 2.95. The van der Waals surface area contributed by atoms with Crippen LogP contribution in [-0.4, -0.2) is 24.5 Å². The third kappa shape index (κ3) is 3.67. The Balaban J connectivity index is 2.20. The first kappa shape index (κ1) is 16.1. The second-order valence-electron chi connectivity index (χ2n) is 5.18. The Morgan fingerprint density at radius 1 is 1.19 bits per heavy atom. The van der Waals surface area contributed by atoms with E-state index in [1.807, 2.05) is 30.3 Å². The van der Waals surface area contributed by atoms with E-state index in [9.17, 15) is 8.78 Å². The number of halogens is 2. The van der Waals surface area contributed by atoms with Crippen LogP contribution >= 0.6 is 11.3 Å². The van der Waals surface area contributed by atoms with Crippen molar-refractivity contribution >= 4 is 11.3 Å². The summed E-state index contributed by atoms with van der Waals surface area (Å²) >= 11 is 1.68. The van der Waals surface area contributed by atoms with Gasteiger partial charge in [-0.25, -0.2) is 8.78 Å². The number of hydrogen-bond acceptors (Lipinski definition) is 3. The van der Waals surface area contributed by atoms with Crippen molar-refractivity contribution in [2.24, 2.45) is 5.73 Å². The van der Waals surface area contributed by atoms with Crippen LogP contribution in [0.15, 0.2) is 35.7 Å². The fourth-order valence-corrected chi connectivity index (χ4v) is 3.31. The molecule has 2 rings (SSSR count). The van der Waals surface area contributed by atoms with Gasteiger partial charge in [0, 0.05) is 23.0 Å². The second kappa shape index (κ2) is 7.11. The van der Waals surface area contributed by atoms with Gasteiger partial charge in [-0.1, -0.05) is 12.1 Å². The van der Waals surface area contributed by atoms with Crippen molar-refractivity contribution < 1.29 is 8.78 Å². The predicted molar refractivity (Wildman–Crippen MR) is 83.4 cm³/mol. The maximum atomic E-state index is 14.0. The highest BCUT2D eigenvalue weighted by atomic mass is 32.1. The first-order valence-corrected chi connectivity index (χ1v) is 7.80. The van der Waals surface area contributed by atoms with Crippen LogP contribution in [0.25, 0.3) is 0 Å². The predicted octanol–water partition coefficient (Wildman–Crippen LogP) is 3.59. The Labute approximate surface area is 128 Å².